The van der Waals surface area contributed by atoms with Gasteiger partial charge in [-0.05, 0) is 87.9 Å². The van der Waals surface area contributed by atoms with E-state index in [0.717, 1.165) is 31.1 Å². The topological polar surface area (TPSA) is 6.48 Å². The molecule has 0 unspecified atom stereocenters. The van der Waals surface area contributed by atoms with Gasteiger partial charge in [0.15, 0.2) is 0 Å². The van der Waals surface area contributed by atoms with Gasteiger partial charge in [0.1, 0.15) is 0 Å². The molecule has 3 aliphatic rings. The van der Waals surface area contributed by atoms with E-state index in [1.807, 2.05) is 12.2 Å². The molecule has 2 nitrogen and oxygen atoms in total. The maximum absolute atomic E-state index is 3.68. The summed E-state index contributed by atoms with van der Waals surface area (Å²) in [7, 11) is -0.120. The van der Waals surface area contributed by atoms with Crippen molar-refractivity contribution in [3.8, 4) is 11.1 Å². The van der Waals surface area contributed by atoms with Crippen LogP contribution >= 0.6 is 7.92 Å². The standard InChI is InChI=1S/C33H49P.C9H14N2/c1-23(2)26-21-30(24(3)4)33(31(22-26)25(5)6)29-19-13-14-20-32(29)34(27-15-9-7-10-16-27)28-17-11-8-12-18-28;1-3-5-10-7-8-11(9-10)6-4-2/h13-14,19-25,27-28H,7-12,15-18H2,1-6H3;3-4,7-8H,1-2,5-6,9H2. The lowest BCUT2D eigenvalue weighted by Crippen LogP contribution is -2.27. The molecule has 0 aromatic heterocycles. The lowest BCUT2D eigenvalue weighted by atomic mass is 9.82. The second kappa shape index (κ2) is 17.6. The normalized spacial score (nSPS) is 17.8. The molecule has 0 saturated heterocycles. The lowest BCUT2D eigenvalue weighted by molar-refractivity contribution is 0.300. The Hall–Kier alpha value is -2.31. The summed E-state index contributed by atoms with van der Waals surface area (Å²) in [6, 6.07) is 14.8. The van der Waals surface area contributed by atoms with Crippen molar-refractivity contribution in [1.82, 2.24) is 9.80 Å². The van der Waals surface area contributed by atoms with Gasteiger partial charge in [-0.2, -0.15) is 0 Å². The third-order valence-electron chi connectivity index (χ3n) is 10.1. The van der Waals surface area contributed by atoms with Crippen LogP contribution in [0.25, 0.3) is 11.1 Å². The molecule has 1 heterocycles. The average molecular weight is 627 g/mol. The van der Waals surface area contributed by atoms with Crippen molar-refractivity contribution in [2.45, 2.75) is 135 Å². The molecule has 2 fully saturated rings. The Labute approximate surface area is 278 Å². The third-order valence-corrected chi connectivity index (χ3v) is 13.7. The molecule has 1 aliphatic heterocycles. The van der Waals surface area contributed by atoms with Crippen LogP contribution in [-0.2, 0) is 0 Å². The lowest BCUT2D eigenvalue weighted by Gasteiger charge is -2.40. The molecule has 246 valence electrons. The summed E-state index contributed by atoms with van der Waals surface area (Å²) >= 11 is 0. The van der Waals surface area contributed by atoms with E-state index in [1.54, 1.807) is 27.6 Å². The first-order valence-electron chi connectivity index (χ1n) is 18.2. The maximum Gasteiger partial charge on any atom is 0.0900 e. The quantitative estimate of drug-likeness (QED) is 0.181. The van der Waals surface area contributed by atoms with Gasteiger partial charge in [0.05, 0.1) is 6.67 Å². The Morgan fingerprint density at radius 3 is 1.58 bits per heavy atom. The molecule has 2 aromatic carbocycles. The Morgan fingerprint density at radius 1 is 0.689 bits per heavy atom. The van der Waals surface area contributed by atoms with Crippen molar-refractivity contribution in [3.05, 3.63) is 90.8 Å². The molecule has 3 heteroatoms. The van der Waals surface area contributed by atoms with Crippen molar-refractivity contribution in [3.63, 3.8) is 0 Å². The van der Waals surface area contributed by atoms with Crippen LogP contribution in [0.4, 0.5) is 0 Å². The Bertz CT molecular complexity index is 1180. The Kier molecular flexibility index (Phi) is 13.9. The molecule has 0 N–H and O–H groups in total. The summed E-state index contributed by atoms with van der Waals surface area (Å²) < 4.78 is 0. The molecular weight excluding hydrogens is 563 g/mol. The zero-order valence-electron chi connectivity index (χ0n) is 29.6. The van der Waals surface area contributed by atoms with Gasteiger partial charge in [-0.15, -0.1) is 13.2 Å². The van der Waals surface area contributed by atoms with E-state index in [1.165, 1.54) is 69.8 Å². The average Bonchev–Trinajstić information content (AvgIpc) is 3.49. The van der Waals surface area contributed by atoms with E-state index in [9.17, 15) is 0 Å². The number of nitrogens with zero attached hydrogens (tertiary/aromatic N) is 2. The Morgan fingerprint density at radius 2 is 1.16 bits per heavy atom. The van der Waals surface area contributed by atoms with Gasteiger partial charge in [-0.25, -0.2) is 0 Å². The molecule has 0 bridgehead atoms. The van der Waals surface area contributed by atoms with E-state index in [0.29, 0.717) is 17.8 Å². The fourth-order valence-electron chi connectivity index (χ4n) is 7.67. The highest BCUT2D eigenvalue weighted by atomic mass is 31.1. The molecule has 2 saturated carbocycles. The van der Waals surface area contributed by atoms with Crippen molar-refractivity contribution in [1.29, 1.82) is 0 Å². The fourth-order valence-corrected chi connectivity index (χ4v) is 11.6. The van der Waals surface area contributed by atoms with Crippen molar-refractivity contribution in [2.75, 3.05) is 19.8 Å². The van der Waals surface area contributed by atoms with Crippen LogP contribution in [0.3, 0.4) is 0 Å². The smallest absolute Gasteiger partial charge is 0.0900 e. The third kappa shape index (κ3) is 9.38. The first-order valence-corrected chi connectivity index (χ1v) is 19.7. The maximum atomic E-state index is 3.68. The predicted octanol–water partition coefficient (Wildman–Crippen LogP) is 11.9. The van der Waals surface area contributed by atoms with Crippen LogP contribution in [0, 0.1) is 0 Å². The molecule has 2 aromatic rings. The van der Waals surface area contributed by atoms with E-state index in [2.05, 4.69) is 113 Å². The predicted molar refractivity (Wildman–Crippen MR) is 202 cm³/mol. The molecule has 45 heavy (non-hydrogen) atoms. The minimum absolute atomic E-state index is 0.120. The van der Waals surface area contributed by atoms with Crippen LogP contribution in [0.2, 0.25) is 0 Å². The van der Waals surface area contributed by atoms with E-state index in [4.69, 9.17) is 0 Å². The summed E-state index contributed by atoms with van der Waals surface area (Å²) in [5.41, 5.74) is 9.71. The highest BCUT2D eigenvalue weighted by Crippen LogP contribution is 2.56. The second-order valence-corrected chi connectivity index (χ2v) is 17.4. The summed E-state index contributed by atoms with van der Waals surface area (Å²) in [6.45, 7) is 24.5. The van der Waals surface area contributed by atoms with Gasteiger partial charge in [-0.1, -0.05) is 137 Å². The number of benzene rings is 2. The molecule has 2 aliphatic carbocycles. The zero-order chi connectivity index (χ0) is 32.3. The number of hydrogen-bond acceptors (Lipinski definition) is 2. The summed E-state index contributed by atoms with van der Waals surface area (Å²) in [5.74, 6) is 1.64. The van der Waals surface area contributed by atoms with Crippen molar-refractivity contribution >= 4 is 13.2 Å². The zero-order valence-corrected chi connectivity index (χ0v) is 30.5. The van der Waals surface area contributed by atoms with Gasteiger partial charge in [0.25, 0.3) is 0 Å². The van der Waals surface area contributed by atoms with Crippen molar-refractivity contribution < 1.29 is 0 Å². The molecular formula is C42H63N2P. The van der Waals surface area contributed by atoms with Crippen LogP contribution in [0.15, 0.2) is 74.1 Å². The molecule has 0 radical (unpaired) electrons. The first kappa shape index (κ1) is 35.5. The summed E-state index contributed by atoms with van der Waals surface area (Å²) in [6.07, 6.45) is 22.6. The first-order chi connectivity index (χ1) is 21.7. The van der Waals surface area contributed by atoms with E-state index in [-0.39, 0.29) is 7.92 Å². The van der Waals surface area contributed by atoms with Gasteiger partial charge in [0.2, 0.25) is 0 Å². The second-order valence-electron chi connectivity index (χ2n) is 14.6. The minimum atomic E-state index is -0.120. The summed E-state index contributed by atoms with van der Waals surface area (Å²) in [5, 5.41) is 1.75. The van der Waals surface area contributed by atoms with Gasteiger partial charge in [-0.3, -0.25) is 0 Å². The fraction of sp³-hybridized carbons (Fsp3) is 0.571. The van der Waals surface area contributed by atoms with E-state index < -0.39 is 0 Å². The van der Waals surface area contributed by atoms with Crippen LogP contribution in [0.5, 0.6) is 0 Å². The van der Waals surface area contributed by atoms with Crippen LogP contribution < -0.4 is 5.30 Å². The highest BCUT2D eigenvalue weighted by Gasteiger charge is 2.34. The molecule has 0 atom stereocenters. The number of hydrogen-bond donors (Lipinski definition) is 0. The number of rotatable bonds is 11. The van der Waals surface area contributed by atoms with Gasteiger partial charge in [0, 0.05) is 25.5 Å². The van der Waals surface area contributed by atoms with Gasteiger partial charge >= 0.3 is 0 Å². The van der Waals surface area contributed by atoms with Crippen LogP contribution in [0.1, 0.15) is 140 Å². The van der Waals surface area contributed by atoms with Crippen LogP contribution in [-0.4, -0.2) is 40.9 Å². The molecule has 0 amide bonds. The monoisotopic (exact) mass is 626 g/mol. The Balaban J connectivity index is 0.000000354. The SMILES string of the molecule is C=CCN1C=CN(CC=C)C1.CC(C)c1cc(C(C)C)c(-c2ccccc2P(C2CCCCC2)C2CCCCC2)c(C(C)C)c1. The molecule has 5 rings (SSSR count). The van der Waals surface area contributed by atoms with Gasteiger partial charge < -0.3 is 9.80 Å². The highest BCUT2D eigenvalue weighted by molar-refractivity contribution is 7.67. The minimum Gasteiger partial charge on any atom is -0.355 e. The largest absolute Gasteiger partial charge is 0.355 e. The van der Waals surface area contributed by atoms with Crippen molar-refractivity contribution in [2.24, 2.45) is 0 Å². The molecule has 0 spiro atoms. The summed E-state index contributed by atoms with van der Waals surface area (Å²) in [4.78, 5) is 4.38. The van der Waals surface area contributed by atoms with E-state index >= 15 is 0 Å².